The lowest BCUT2D eigenvalue weighted by atomic mass is 9.71. The number of hydrogen-bond acceptors (Lipinski definition) is 3. The molecule has 0 spiro atoms. The molecule has 2 fully saturated rings. The van der Waals surface area contributed by atoms with Crippen molar-refractivity contribution in [2.75, 3.05) is 13.1 Å². The van der Waals surface area contributed by atoms with Gasteiger partial charge in [0.05, 0.1) is 17.8 Å². The van der Waals surface area contributed by atoms with E-state index < -0.39 is 5.60 Å². The molecule has 1 saturated carbocycles. The van der Waals surface area contributed by atoms with Gasteiger partial charge in [-0.25, -0.2) is 0 Å². The monoisotopic (exact) mass is 255 g/mol. The second kappa shape index (κ2) is 5.48. The summed E-state index contributed by atoms with van der Waals surface area (Å²) in [6, 6.07) is 0. The van der Waals surface area contributed by atoms with E-state index in [9.17, 15) is 5.11 Å². The largest absolute Gasteiger partial charge is 0.389 e. The van der Waals surface area contributed by atoms with Gasteiger partial charge in [-0.1, -0.05) is 13.8 Å². The normalized spacial score (nSPS) is 34.7. The molecule has 0 aromatic rings. The number of rotatable bonds is 4. The van der Waals surface area contributed by atoms with Crippen molar-refractivity contribution in [1.82, 2.24) is 5.32 Å². The lowest BCUT2D eigenvalue weighted by molar-refractivity contribution is -0.0272. The summed E-state index contributed by atoms with van der Waals surface area (Å²) in [6.07, 6.45) is 7.19. The lowest BCUT2D eigenvalue weighted by Gasteiger charge is -2.40. The van der Waals surface area contributed by atoms with Crippen LogP contribution in [0.1, 0.15) is 59.3 Å². The molecule has 0 aromatic carbocycles. The molecule has 106 valence electrons. The average molecular weight is 255 g/mol. The molecule has 1 aliphatic heterocycles. The number of aliphatic hydroxyl groups is 1. The van der Waals surface area contributed by atoms with Gasteiger partial charge >= 0.3 is 0 Å². The summed E-state index contributed by atoms with van der Waals surface area (Å²) in [7, 11) is 0. The molecule has 1 aliphatic carbocycles. The van der Waals surface area contributed by atoms with E-state index in [1.54, 1.807) is 0 Å². The Hall–Kier alpha value is -0.120. The van der Waals surface area contributed by atoms with Crippen molar-refractivity contribution in [3.63, 3.8) is 0 Å². The fourth-order valence-electron chi connectivity index (χ4n) is 3.07. The molecule has 18 heavy (non-hydrogen) atoms. The van der Waals surface area contributed by atoms with Gasteiger partial charge in [-0.3, -0.25) is 0 Å². The third kappa shape index (κ3) is 3.94. The first-order valence-corrected chi connectivity index (χ1v) is 7.47. The van der Waals surface area contributed by atoms with Gasteiger partial charge in [0.15, 0.2) is 0 Å². The van der Waals surface area contributed by atoms with E-state index in [0.717, 1.165) is 45.2 Å². The van der Waals surface area contributed by atoms with Crippen LogP contribution in [-0.2, 0) is 4.74 Å². The minimum atomic E-state index is -0.486. The summed E-state index contributed by atoms with van der Waals surface area (Å²) in [6.45, 7) is 8.34. The van der Waals surface area contributed by atoms with E-state index in [0.29, 0.717) is 17.6 Å². The highest BCUT2D eigenvalue weighted by molar-refractivity contribution is 4.90. The van der Waals surface area contributed by atoms with Crippen molar-refractivity contribution in [2.45, 2.75) is 77.1 Å². The van der Waals surface area contributed by atoms with Crippen LogP contribution in [-0.4, -0.2) is 36.0 Å². The van der Waals surface area contributed by atoms with Crippen LogP contribution in [0.5, 0.6) is 0 Å². The van der Waals surface area contributed by atoms with Crippen LogP contribution in [0.2, 0.25) is 0 Å². The number of hydrogen-bond donors (Lipinski definition) is 2. The average Bonchev–Trinajstić information content (AvgIpc) is 2.70. The van der Waals surface area contributed by atoms with Crippen LogP contribution in [0.4, 0.5) is 0 Å². The number of nitrogens with one attached hydrogen (secondary N) is 1. The topological polar surface area (TPSA) is 41.5 Å². The predicted octanol–water partition coefficient (Wildman–Crippen LogP) is 2.47. The Morgan fingerprint density at radius 1 is 1.17 bits per heavy atom. The van der Waals surface area contributed by atoms with Crippen LogP contribution >= 0.6 is 0 Å². The molecule has 2 N–H and O–H groups in total. The van der Waals surface area contributed by atoms with Crippen LogP contribution in [0.15, 0.2) is 0 Å². The van der Waals surface area contributed by atoms with Crippen molar-refractivity contribution in [3.8, 4) is 0 Å². The molecule has 3 heteroatoms. The van der Waals surface area contributed by atoms with Gasteiger partial charge in [0.25, 0.3) is 0 Å². The van der Waals surface area contributed by atoms with Gasteiger partial charge in [0.1, 0.15) is 0 Å². The summed E-state index contributed by atoms with van der Waals surface area (Å²) in [5.41, 5.74) is -0.0734. The SMILES string of the molecule is CC1CCC(CNCC2(O)CCC(C)(C)CC2)O1. The summed E-state index contributed by atoms with van der Waals surface area (Å²) >= 11 is 0. The Bertz CT molecular complexity index is 268. The molecule has 0 radical (unpaired) electrons. The third-order valence-electron chi connectivity index (χ3n) is 4.68. The quantitative estimate of drug-likeness (QED) is 0.811. The van der Waals surface area contributed by atoms with E-state index in [4.69, 9.17) is 4.74 Å². The van der Waals surface area contributed by atoms with Crippen LogP contribution in [0.3, 0.4) is 0 Å². The third-order valence-corrected chi connectivity index (χ3v) is 4.68. The van der Waals surface area contributed by atoms with Crippen molar-refractivity contribution in [3.05, 3.63) is 0 Å². The standard InChI is InChI=1S/C15H29NO2/c1-12-4-5-13(18-12)10-16-11-15(17)8-6-14(2,3)7-9-15/h12-13,16-17H,4-11H2,1-3H3. The van der Waals surface area contributed by atoms with Gasteiger partial charge in [-0.2, -0.15) is 0 Å². The second-order valence-corrected chi connectivity index (χ2v) is 7.17. The highest BCUT2D eigenvalue weighted by atomic mass is 16.5. The van der Waals surface area contributed by atoms with E-state index in [2.05, 4.69) is 26.1 Å². The Labute approximate surface area is 111 Å². The second-order valence-electron chi connectivity index (χ2n) is 7.17. The Balaban J connectivity index is 1.67. The molecule has 2 unspecified atom stereocenters. The Morgan fingerprint density at radius 2 is 1.83 bits per heavy atom. The first-order chi connectivity index (χ1) is 8.39. The minimum Gasteiger partial charge on any atom is -0.389 e. The Morgan fingerprint density at radius 3 is 2.39 bits per heavy atom. The van der Waals surface area contributed by atoms with E-state index >= 15 is 0 Å². The highest BCUT2D eigenvalue weighted by Gasteiger charge is 2.36. The van der Waals surface area contributed by atoms with Gasteiger partial charge in [0.2, 0.25) is 0 Å². The molecule has 0 bridgehead atoms. The summed E-state index contributed by atoms with van der Waals surface area (Å²) in [4.78, 5) is 0. The van der Waals surface area contributed by atoms with Crippen molar-refractivity contribution in [2.24, 2.45) is 5.41 Å². The van der Waals surface area contributed by atoms with Crippen molar-refractivity contribution in [1.29, 1.82) is 0 Å². The molecule has 1 heterocycles. The highest BCUT2D eigenvalue weighted by Crippen LogP contribution is 2.39. The molecular formula is C15H29NO2. The molecule has 3 nitrogen and oxygen atoms in total. The first kappa shape index (κ1) is 14.3. The molecule has 2 rings (SSSR count). The first-order valence-electron chi connectivity index (χ1n) is 7.47. The molecule has 0 amide bonds. The fourth-order valence-corrected chi connectivity index (χ4v) is 3.07. The van der Waals surface area contributed by atoms with E-state index in [1.165, 1.54) is 6.42 Å². The van der Waals surface area contributed by atoms with Gasteiger partial charge in [0, 0.05) is 13.1 Å². The van der Waals surface area contributed by atoms with Gasteiger partial charge in [-0.05, 0) is 50.9 Å². The van der Waals surface area contributed by atoms with Crippen molar-refractivity contribution >= 4 is 0 Å². The lowest BCUT2D eigenvalue weighted by Crippen LogP contribution is -2.46. The van der Waals surface area contributed by atoms with Crippen LogP contribution < -0.4 is 5.32 Å². The predicted molar refractivity (Wildman–Crippen MR) is 73.6 cm³/mol. The van der Waals surface area contributed by atoms with Gasteiger partial charge < -0.3 is 15.2 Å². The van der Waals surface area contributed by atoms with E-state index in [-0.39, 0.29) is 0 Å². The Kier molecular flexibility index (Phi) is 4.35. The minimum absolute atomic E-state index is 0.351. The zero-order chi connectivity index (χ0) is 13.2. The van der Waals surface area contributed by atoms with E-state index in [1.807, 2.05) is 0 Å². The smallest absolute Gasteiger partial charge is 0.0772 e. The number of ether oxygens (including phenoxy) is 1. The molecule has 0 aromatic heterocycles. The molecule has 1 saturated heterocycles. The zero-order valence-electron chi connectivity index (χ0n) is 12.2. The summed E-state index contributed by atoms with van der Waals surface area (Å²) in [5.74, 6) is 0. The maximum Gasteiger partial charge on any atom is 0.0772 e. The zero-order valence-corrected chi connectivity index (χ0v) is 12.2. The van der Waals surface area contributed by atoms with Crippen LogP contribution in [0.25, 0.3) is 0 Å². The molecule has 2 atom stereocenters. The van der Waals surface area contributed by atoms with Crippen LogP contribution in [0, 0.1) is 5.41 Å². The maximum absolute atomic E-state index is 10.5. The van der Waals surface area contributed by atoms with Crippen molar-refractivity contribution < 1.29 is 9.84 Å². The molecule has 2 aliphatic rings. The molecular weight excluding hydrogens is 226 g/mol. The summed E-state index contributed by atoms with van der Waals surface area (Å²) in [5, 5.41) is 13.9. The maximum atomic E-state index is 10.5. The van der Waals surface area contributed by atoms with Gasteiger partial charge in [-0.15, -0.1) is 0 Å². The summed E-state index contributed by atoms with van der Waals surface area (Å²) < 4.78 is 5.77. The fraction of sp³-hybridized carbons (Fsp3) is 1.00.